The van der Waals surface area contributed by atoms with Crippen LogP contribution in [0.1, 0.15) is 25.3 Å². The molecule has 0 saturated heterocycles. The quantitative estimate of drug-likeness (QED) is 0.676. The Morgan fingerprint density at radius 3 is 2.62 bits per heavy atom. The molecule has 5 nitrogen and oxygen atoms in total. The van der Waals surface area contributed by atoms with Gasteiger partial charge >= 0.3 is 5.97 Å². The largest absolute Gasteiger partial charge is 0.463 e. The lowest BCUT2D eigenvalue weighted by atomic mass is 9.82. The average molecular weight is 338 g/mol. The summed E-state index contributed by atoms with van der Waals surface area (Å²) in [7, 11) is 0. The van der Waals surface area contributed by atoms with Crippen molar-refractivity contribution in [3.8, 4) is 6.07 Å². The molecule has 0 amide bonds. The minimum Gasteiger partial charge on any atom is -0.463 e. The van der Waals surface area contributed by atoms with Gasteiger partial charge in [-0.25, -0.2) is 18.0 Å². The Labute approximate surface area is 135 Å². The first-order valence-corrected chi connectivity index (χ1v) is 6.92. The van der Waals surface area contributed by atoms with E-state index in [4.69, 9.17) is 15.2 Å². The highest BCUT2D eigenvalue weighted by atomic mass is 19.2. The predicted octanol–water partition coefficient (Wildman–Crippen LogP) is 2.75. The lowest BCUT2D eigenvalue weighted by Crippen LogP contribution is -2.26. The van der Waals surface area contributed by atoms with Crippen LogP contribution >= 0.6 is 0 Å². The van der Waals surface area contributed by atoms with Crippen LogP contribution in [0, 0.1) is 28.8 Å². The summed E-state index contributed by atoms with van der Waals surface area (Å²) in [6.45, 7) is 2.95. The van der Waals surface area contributed by atoms with Gasteiger partial charge in [0.2, 0.25) is 5.88 Å². The van der Waals surface area contributed by atoms with E-state index in [1.165, 1.54) is 6.92 Å². The summed E-state index contributed by atoms with van der Waals surface area (Å²) in [6.07, 6.45) is 0. The minimum absolute atomic E-state index is 0.0147. The molecular formula is C16H13F3N2O3. The molecule has 0 spiro atoms. The predicted molar refractivity (Wildman–Crippen MR) is 76.3 cm³/mol. The maximum Gasteiger partial charge on any atom is 0.338 e. The normalized spacial score (nSPS) is 17.4. The zero-order valence-electron chi connectivity index (χ0n) is 12.8. The van der Waals surface area contributed by atoms with E-state index in [2.05, 4.69) is 0 Å². The molecule has 1 atom stereocenters. The van der Waals surface area contributed by atoms with Crippen molar-refractivity contribution in [2.45, 2.75) is 19.8 Å². The van der Waals surface area contributed by atoms with E-state index >= 15 is 0 Å². The van der Waals surface area contributed by atoms with Gasteiger partial charge in [-0.3, -0.25) is 0 Å². The van der Waals surface area contributed by atoms with E-state index in [1.807, 2.05) is 0 Å². The van der Waals surface area contributed by atoms with E-state index in [9.17, 15) is 23.2 Å². The maximum absolute atomic E-state index is 14.2. The summed E-state index contributed by atoms with van der Waals surface area (Å²) in [4.78, 5) is 12.2. The number of carbonyl (C=O) groups is 1. The van der Waals surface area contributed by atoms with Crippen molar-refractivity contribution in [1.82, 2.24) is 0 Å². The molecule has 0 aromatic heterocycles. The van der Waals surface area contributed by atoms with E-state index < -0.39 is 34.9 Å². The number of carbonyl (C=O) groups excluding carboxylic acids is 1. The summed E-state index contributed by atoms with van der Waals surface area (Å²) in [5.74, 6) is -7.22. The van der Waals surface area contributed by atoms with Crippen molar-refractivity contribution >= 4 is 5.97 Å². The highest BCUT2D eigenvalue weighted by Crippen LogP contribution is 2.41. The third-order valence-corrected chi connectivity index (χ3v) is 3.48. The number of rotatable bonds is 3. The number of allylic oxidation sites excluding steroid dienone is 2. The van der Waals surface area contributed by atoms with Crippen LogP contribution in [0.4, 0.5) is 13.2 Å². The Balaban J connectivity index is 2.72. The Morgan fingerprint density at radius 2 is 2.04 bits per heavy atom. The third kappa shape index (κ3) is 2.80. The SMILES string of the molecule is CCOC(=O)C1=C(C)OC(N)=C(C#N)C1c1ccc(F)c(F)c1F. The number of ether oxygens (including phenoxy) is 2. The first-order valence-electron chi connectivity index (χ1n) is 6.92. The fourth-order valence-corrected chi connectivity index (χ4v) is 2.43. The van der Waals surface area contributed by atoms with Gasteiger partial charge in [0.15, 0.2) is 17.5 Å². The molecule has 0 bridgehead atoms. The maximum atomic E-state index is 14.2. The highest BCUT2D eigenvalue weighted by molar-refractivity contribution is 5.92. The summed E-state index contributed by atoms with van der Waals surface area (Å²) in [6, 6.07) is 3.36. The summed E-state index contributed by atoms with van der Waals surface area (Å²) in [5, 5.41) is 9.29. The van der Waals surface area contributed by atoms with Gasteiger partial charge < -0.3 is 15.2 Å². The molecule has 8 heteroatoms. The molecule has 24 heavy (non-hydrogen) atoms. The second kappa shape index (κ2) is 6.66. The zero-order chi connectivity index (χ0) is 18.0. The van der Waals surface area contributed by atoms with E-state index in [0.717, 1.165) is 6.07 Å². The molecule has 1 aliphatic rings. The molecule has 1 aromatic rings. The lowest BCUT2D eigenvalue weighted by molar-refractivity contribution is -0.139. The number of halogens is 3. The third-order valence-electron chi connectivity index (χ3n) is 3.48. The standard InChI is InChI=1S/C16H13F3N2O3/c1-3-23-16(22)11-7(2)24-15(21)9(6-20)12(11)8-4-5-10(17)14(19)13(8)18/h4-5,12H,3,21H2,1-2H3. The first-order chi connectivity index (χ1) is 11.3. The van der Waals surface area contributed by atoms with Crippen molar-refractivity contribution < 1.29 is 27.4 Å². The fraction of sp³-hybridized carbons (Fsp3) is 0.250. The minimum atomic E-state index is -1.71. The van der Waals surface area contributed by atoms with Crippen molar-refractivity contribution in [2.24, 2.45) is 5.73 Å². The van der Waals surface area contributed by atoms with Gasteiger partial charge in [0.05, 0.1) is 18.1 Å². The van der Waals surface area contributed by atoms with Gasteiger partial charge in [-0.15, -0.1) is 0 Å². The monoisotopic (exact) mass is 338 g/mol. The summed E-state index contributed by atoms with van der Waals surface area (Å²) in [5.41, 5.74) is 4.70. The van der Waals surface area contributed by atoms with Crippen LogP contribution in [-0.2, 0) is 14.3 Å². The first kappa shape index (κ1) is 17.4. The Morgan fingerprint density at radius 1 is 1.38 bits per heavy atom. The number of nitrogens with zero attached hydrogens (tertiary/aromatic N) is 1. The molecule has 126 valence electrons. The molecule has 1 heterocycles. The van der Waals surface area contributed by atoms with Crippen molar-refractivity contribution in [1.29, 1.82) is 5.26 Å². The Bertz CT molecular complexity index is 810. The molecule has 0 fully saturated rings. The molecular weight excluding hydrogens is 325 g/mol. The lowest BCUT2D eigenvalue weighted by Gasteiger charge is -2.27. The Hall–Kier alpha value is -2.95. The van der Waals surface area contributed by atoms with Gasteiger partial charge in [-0.05, 0) is 19.9 Å². The van der Waals surface area contributed by atoms with Gasteiger partial charge in [-0.2, -0.15) is 5.26 Å². The molecule has 1 aromatic carbocycles. The van der Waals surface area contributed by atoms with Gasteiger partial charge in [-0.1, -0.05) is 6.07 Å². The smallest absolute Gasteiger partial charge is 0.338 e. The zero-order valence-corrected chi connectivity index (χ0v) is 12.8. The number of hydrogen-bond donors (Lipinski definition) is 1. The van der Waals surface area contributed by atoms with E-state index in [-0.39, 0.29) is 29.4 Å². The molecule has 2 rings (SSSR count). The molecule has 0 aliphatic carbocycles. The van der Waals surface area contributed by atoms with Gasteiger partial charge in [0, 0.05) is 5.56 Å². The van der Waals surface area contributed by atoms with Crippen LogP contribution in [0.2, 0.25) is 0 Å². The number of benzene rings is 1. The second-order valence-electron chi connectivity index (χ2n) is 4.88. The van der Waals surface area contributed by atoms with E-state index in [1.54, 1.807) is 13.0 Å². The summed E-state index contributed by atoms with van der Waals surface area (Å²) >= 11 is 0. The van der Waals surface area contributed by atoms with Crippen LogP contribution in [0.3, 0.4) is 0 Å². The van der Waals surface area contributed by atoms with Crippen molar-refractivity contribution in [3.63, 3.8) is 0 Å². The number of nitriles is 1. The van der Waals surface area contributed by atoms with E-state index in [0.29, 0.717) is 6.07 Å². The van der Waals surface area contributed by atoms with Crippen LogP contribution < -0.4 is 5.73 Å². The van der Waals surface area contributed by atoms with Crippen LogP contribution in [0.25, 0.3) is 0 Å². The molecule has 2 N–H and O–H groups in total. The van der Waals surface area contributed by atoms with Crippen LogP contribution in [-0.4, -0.2) is 12.6 Å². The number of nitrogens with two attached hydrogens (primary N) is 1. The van der Waals surface area contributed by atoms with Crippen molar-refractivity contribution in [3.05, 3.63) is 57.9 Å². The number of hydrogen-bond acceptors (Lipinski definition) is 5. The highest BCUT2D eigenvalue weighted by Gasteiger charge is 2.38. The molecule has 1 unspecified atom stereocenters. The number of esters is 1. The fourth-order valence-electron chi connectivity index (χ4n) is 2.43. The topological polar surface area (TPSA) is 85.3 Å². The summed E-state index contributed by atoms with van der Waals surface area (Å²) < 4.78 is 51.0. The second-order valence-corrected chi connectivity index (χ2v) is 4.88. The molecule has 0 radical (unpaired) electrons. The molecule has 1 aliphatic heterocycles. The average Bonchev–Trinajstić information content (AvgIpc) is 2.52. The van der Waals surface area contributed by atoms with Crippen LogP contribution in [0.5, 0.6) is 0 Å². The Kier molecular flexibility index (Phi) is 4.83. The van der Waals surface area contributed by atoms with Crippen LogP contribution in [0.15, 0.2) is 34.9 Å². The van der Waals surface area contributed by atoms with Gasteiger partial charge in [0.25, 0.3) is 0 Å². The molecule has 0 saturated carbocycles. The van der Waals surface area contributed by atoms with Crippen molar-refractivity contribution in [2.75, 3.05) is 6.61 Å². The van der Waals surface area contributed by atoms with Gasteiger partial charge in [0.1, 0.15) is 17.4 Å².